The first kappa shape index (κ1) is 16.8. The van der Waals surface area contributed by atoms with E-state index in [1.165, 1.54) is 0 Å². The molecule has 0 saturated heterocycles. The lowest BCUT2D eigenvalue weighted by Gasteiger charge is -2.25. The quantitative estimate of drug-likeness (QED) is 0.475. The second kappa shape index (κ2) is 6.36. The number of para-hydroxylation sites is 1. The number of carbonyl (C=O) groups is 1. The zero-order valence-electron chi connectivity index (χ0n) is 14.6. The van der Waals surface area contributed by atoms with Gasteiger partial charge < -0.3 is 4.42 Å². The predicted octanol–water partition coefficient (Wildman–Crippen LogP) is 5.20. The van der Waals surface area contributed by atoms with Crippen LogP contribution < -0.4 is 10.3 Å². The van der Waals surface area contributed by atoms with Crippen LogP contribution in [0.4, 0.5) is 5.69 Å². The van der Waals surface area contributed by atoms with Gasteiger partial charge in [0.05, 0.1) is 17.0 Å². The Morgan fingerprint density at radius 2 is 1.50 bits per heavy atom. The molecule has 0 unspecified atom stereocenters. The van der Waals surface area contributed by atoms with Gasteiger partial charge in [-0.1, -0.05) is 54.1 Å². The summed E-state index contributed by atoms with van der Waals surface area (Å²) >= 11 is 6.02. The van der Waals surface area contributed by atoms with Crippen LogP contribution >= 0.6 is 11.6 Å². The lowest BCUT2D eigenvalue weighted by molar-refractivity contribution is 0.0971. The van der Waals surface area contributed by atoms with E-state index in [0.29, 0.717) is 27.2 Å². The second-order valence-electron chi connectivity index (χ2n) is 6.63. The van der Waals surface area contributed by atoms with Crippen LogP contribution in [0.3, 0.4) is 0 Å². The third-order valence-corrected chi connectivity index (χ3v) is 5.25. The minimum Gasteiger partial charge on any atom is -0.450 e. The van der Waals surface area contributed by atoms with E-state index in [-0.39, 0.29) is 17.1 Å². The maximum absolute atomic E-state index is 13.3. The van der Waals surface area contributed by atoms with Crippen LogP contribution in [0.2, 0.25) is 5.02 Å². The monoisotopic (exact) mass is 387 g/mol. The molecule has 1 amide bonds. The van der Waals surface area contributed by atoms with Crippen molar-refractivity contribution in [3.05, 3.63) is 111 Å². The Balaban J connectivity index is 1.82. The minimum absolute atomic E-state index is 0.0903. The molecule has 0 fully saturated rings. The Kier molecular flexibility index (Phi) is 3.81. The summed E-state index contributed by atoms with van der Waals surface area (Å²) in [7, 11) is 0. The fourth-order valence-electron chi connectivity index (χ4n) is 3.74. The van der Waals surface area contributed by atoms with Crippen LogP contribution in [-0.2, 0) is 0 Å². The van der Waals surface area contributed by atoms with E-state index in [9.17, 15) is 9.59 Å². The summed E-state index contributed by atoms with van der Waals surface area (Å²) < 4.78 is 5.91. The van der Waals surface area contributed by atoms with Crippen molar-refractivity contribution in [2.75, 3.05) is 4.90 Å². The molecule has 0 saturated carbocycles. The Bertz CT molecular complexity index is 1260. The molecule has 5 rings (SSSR count). The average Bonchev–Trinajstić information content (AvgIpc) is 3.02. The highest BCUT2D eigenvalue weighted by molar-refractivity contribution is 6.30. The second-order valence-corrected chi connectivity index (χ2v) is 7.07. The van der Waals surface area contributed by atoms with Gasteiger partial charge in [0.15, 0.2) is 5.43 Å². The van der Waals surface area contributed by atoms with Gasteiger partial charge in [-0.2, -0.15) is 0 Å². The molecule has 0 N–H and O–H groups in total. The number of fused-ring (bicyclic) bond motifs is 2. The van der Waals surface area contributed by atoms with E-state index in [2.05, 4.69) is 0 Å². The summed E-state index contributed by atoms with van der Waals surface area (Å²) in [4.78, 5) is 28.2. The number of rotatable bonds is 2. The van der Waals surface area contributed by atoms with Crippen LogP contribution in [0.5, 0.6) is 0 Å². The van der Waals surface area contributed by atoms with Gasteiger partial charge in [0.1, 0.15) is 5.58 Å². The fraction of sp³-hybridized carbons (Fsp3) is 0.0435. The number of hydrogen-bond acceptors (Lipinski definition) is 3. The molecule has 5 heteroatoms. The van der Waals surface area contributed by atoms with Crippen molar-refractivity contribution in [2.24, 2.45) is 0 Å². The van der Waals surface area contributed by atoms with Gasteiger partial charge in [-0.15, -0.1) is 0 Å². The minimum atomic E-state index is -0.564. The van der Waals surface area contributed by atoms with Crippen molar-refractivity contribution < 1.29 is 9.21 Å². The molecule has 3 aromatic carbocycles. The molecule has 28 heavy (non-hydrogen) atoms. The number of halogens is 1. The van der Waals surface area contributed by atoms with Gasteiger partial charge >= 0.3 is 0 Å². The van der Waals surface area contributed by atoms with E-state index < -0.39 is 6.04 Å². The van der Waals surface area contributed by atoms with Crippen molar-refractivity contribution in [1.29, 1.82) is 0 Å². The lowest BCUT2D eigenvalue weighted by atomic mass is 9.98. The molecule has 0 aliphatic carbocycles. The van der Waals surface area contributed by atoms with Crippen LogP contribution in [0.1, 0.15) is 27.7 Å². The molecular weight excluding hydrogens is 374 g/mol. The molecular formula is C23H14ClNO3. The topological polar surface area (TPSA) is 50.5 Å². The maximum atomic E-state index is 13.3. The van der Waals surface area contributed by atoms with Crippen molar-refractivity contribution in [2.45, 2.75) is 6.04 Å². The van der Waals surface area contributed by atoms with E-state index in [1.54, 1.807) is 53.4 Å². The Morgan fingerprint density at radius 3 is 2.25 bits per heavy atom. The Hall–Kier alpha value is -3.37. The number of benzene rings is 3. The number of amides is 1. The molecule has 1 aliphatic rings. The first-order valence-electron chi connectivity index (χ1n) is 8.85. The van der Waals surface area contributed by atoms with Crippen molar-refractivity contribution in [1.82, 2.24) is 0 Å². The highest BCUT2D eigenvalue weighted by Gasteiger charge is 2.43. The molecule has 4 aromatic rings. The Labute approximate surface area is 165 Å². The molecule has 2 heterocycles. The van der Waals surface area contributed by atoms with E-state index in [0.717, 1.165) is 5.56 Å². The van der Waals surface area contributed by atoms with Crippen LogP contribution in [0.25, 0.3) is 11.0 Å². The summed E-state index contributed by atoms with van der Waals surface area (Å²) in [5.41, 5.74) is 2.08. The molecule has 1 aromatic heterocycles. The largest absolute Gasteiger partial charge is 0.450 e. The molecule has 4 nitrogen and oxygen atoms in total. The zero-order valence-corrected chi connectivity index (χ0v) is 15.4. The average molecular weight is 388 g/mol. The number of hydrogen-bond donors (Lipinski definition) is 0. The van der Waals surface area contributed by atoms with Gasteiger partial charge in [0.25, 0.3) is 5.91 Å². The highest BCUT2D eigenvalue weighted by atomic mass is 35.5. The van der Waals surface area contributed by atoms with Crippen molar-refractivity contribution in [3.63, 3.8) is 0 Å². The maximum Gasteiger partial charge on any atom is 0.295 e. The SMILES string of the molecule is O=C1c2oc3ccccc3c(=O)c2[C@H](c2ccccc2)N1c1ccc(Cl)cc1. The lowest BCUT2D eigenvalue weighted by Crippen LogP contribution is -2.29. The predicted molar refractivity (Wildman–Crippen MR) is 109 cm³/mol. The first-order valence-corrected chi connectivity index (χ1v) is 9.23. The van der Waals surface area contributed by atoms with Gasteiger partial charge in [-0.25, -0.2) is 0 Å². The smallest absolute Gasteiger partial charge is 0.295 e. The van der Waals surface area contributed by atoms with Crippen molar-refractivity contribution >= 4 is 34.2 Å². The van der Waals surface area contributed by atoms with Crippen LogP contribution in [0, 0.1) is 0 Å². The van der Waals surface area contributed by atoms with Crippen LogP contribution in [-0.4, -0.2) is 5.91 Å². The standard InChI is InChI=1S/C23H14ClNO3/c24-15-10-12-16(13-11-15)25-20(14-6-2-1-3-7-14)19-21(26)17-8-4-5-9-18(17)28-22(19)23(25)27/h1-13,20H/t20-/m0/s1. The fourth-order valence-corrected chi connectivity index (χ4v) is 3.86. The van der Waals surface area contributed by atoms with Gasteiger partial charge in [0, 0.05) is 10.7 Å². The highest BCUT2D eigenvalue weighted by Crippen LogP contribution is 2.41. The molecule has 136 valence electrons. The number of anilines is 1. The third kappa shape index (κ3) is 2.46. The van der Waals surface area contributed by atoms with E-state index in [1.807, 2.05) is 30.3 Å². The molecule has 0 bridgehead atoms. The van der Waals surface area contributed by atoms with E-state index in [4.69, 9.17) is 16.0 Å². The molecule has 0 spiro atoms. The summed E-state index contributed by atoms with van der Waals surface area (Å²) in [5.74, 6) is -0.249. The van der Waals surface area contributed by atoms with Gasteiger partial charge in [-0.05, 0) is 42.0 Å². The summed E-state index contributed by atoms with van der Waals surface area (Å²) in [5, 5.41) is 1.04. The molecule has 0 radical (unpaired) electrons. The van der Waals surface area contributed by atoms with E-state index >= 15 is 0 Å². The van der Waals surface area contributed by atoms with Crippen molar-refractivity contribution in [3.8, 4) is 0 Å². The summed E-state index contributed by atoms with van der Waals surface area (Å²) in [6.45, 7) is 0. The summed E-state index contributed by atoms with van der Waals surface area (Å²) in [6, 6.07) is 22.9. The van der Waals surface area contributed by atoms with Gasteiger partial charge in [-0.3, -0.25) is 14.5 Å². The number of nitrogens with zero attached hydrogens (tertiary/aromatic N) is 1. The normalized spacial score (nSPS) is 15.8. The molecule has 1 aliphatic heterocycles. The summed E-state index contributed by atoms with van der Waals surface area (Å²) in [6.07, 6.45) is 0. The Morgan fingerprint density at radius 1 is 0.821 bits per heavy atom. The third-order valence-electron chi connectivity index (χ3n) is 5.00. The first-order chi connectivity index (χ1) is 13.6. The zero-order chi connectivity index (χ0) is 19.3. The molecule has 1 atom stereocenters. The van der Waals surface area contributed by atoms with Crippen LogP contribution in [0.15, 0.2) is 88.1 Å². The number of carbonyl (C=O) groups excluding carboxylic acids is 1. The van der Waals surface area contributed by atoms with Gasteiger partial charge in [0.2, 0.25) is 5.76 Å².